The topological polar surface area (TPSA) is 97.0 Å². The molecular weight excluding hydrogens is 331 g/mol. The summed E-state index contributed by atoms with van der Waals surface area (Å²) in [7, 11) is 3.62. The van der Waals surface area contributed by atoms with Gasteiger partial charge in [-0.3, -0.25) is 4.79 Å². The number of nitrogens with two attached hydrogens (primary N) is 1. The van der Waals surface area contributed by atoms with Crippen LogP contribution in [0.1, 0.15) is 12.7 Å². The van der Waals surface area contributed by atoms with Gasteiger partial charge in [0.05, 0.1) is 11.0 Å². The fraction of sp³-hybridized carbons (Fsp3) is 0.333. The minimum atomic E-state index is -0.348. The lowest BCUT2D eigenvalue weighted by molar-refractivity contribution is -0.115. The monoisotopic (exact) mass is 350 g/mol. The predicted molar refractivity (Wildman–Crippen MR) is 94.4 cm³/mol. The molecule has 0 saturated carbocycles. The van der Waals surface area contributed by atoms with Crippen molar-refractivity contribution in [3.8, 4) is 0 Å². The maximum atomic E-state index is 12.9. The van der Waals surface area contributed by atoms with Crippen molar-refractivity contribution >= 4 is 35.3 Å². The molecule has 3 N–H and O–H groups in total. The number of halogens is 1. The second-order valence-corrected chi connectivity index (χ2v) is 6.58. The molecule has 2 rings (SSSR count). The number of nitrogens with zero attached hydrogens (tertiary/aromatic N) is 4. The van der Waals surface area contributed by atoms with Gasteiger partial charge in [-0.15, -0.1) is 11.8 Å². The first-order chi connectivity index (χ1) is 11.3. The van der Waals surface area contributed by atoms with Crippen molar-refractivity contribution in [3.05, 3.63) is 35.9 Å². The summed E-state index contributed by atoms with van der Waals surface area (Å²) in [5, 5.41) is 2.40. The Hall–Kier alpha value is -2.42. The molecule has 0 fully saturated rings. The Morgan fingerprint density at radius 2 is 1.96 bits per heavy atom. The molecule has 9 heteroatoms. The summed E-state index contributed by atoms with van der Waals surface area (Å²) in [6, 6.07) is 5.62. The van der Waals surface area contributed by atoms with Crippen molar-refractivity contribution in [2.45, 2.75) is 17.9 Å². The van der Waals surface area contributed by atoms with Crippen molar-refractivity contribution in [1.29, 1.82) is 0 Å². The van der Waals surface area contributed by atoms with Crippen LogP contribution in [0.15, 0.2) is 24.3 Å². The molecule has 1 amide bonds. The fourth-order valence-electron chi connectivity index (χ4n) is 1.74. The Morgan fingerprint density at radius 1 is 1.29 bits per heavy atom. The van der Waals surface area contributed by atoms with Gasteiger partial charge in [-0.25, -0.2) is 4.39 Å². The Labute approximate surface area is 143 Å². The van der Waals surface area contributed by atoms with E-state index in [1.807, 2.05) is 14.1 Å². The van der Waals surface area contributed by atoms with Gasteiger partial charge < -0.3 is 16.0 Å². The van der Waals surface area contributed by atoms with Crippen molar-refractivity contribution in [1.82, 2.24) is 15.0 Å². The van der Waals surface area contributed by atoms with E-state index in [2.05, 4.69) is 20.3 Å². The summed E-state index contributed by atoms with van der Waals surface area (Å²) < 4.78 is 12.9. The summed E-state index contributed by atoms with van der Waals surface area (Å²) in [5.74, 6) is 1.03. The van der Waals surface area contributed by atoms with E-state index in [9.17, 15) is 9.18 Å². The highest BCUT2D eigenvalue weighted by molar-refractivity contribution is 7.99. The van der Waals surface area contributed by atoms with Crippen LogP contribution in [0, 0.1) is 5.82 Å². The van der Waals surface area contributed by atoms with E-state index in [0.29, 0.717) is 23.2 Å². The molecule has 1 atom stereocenters. The van der Waals surface area contributed by atoms with Gasteiger partial charge in [-0.05, 0) is 31.2 Å². The highest BCUT2D eigenvalue weighted by Gasteiger charge is 2.15. The number of benzene rings is 1. The van der Waals surface area contributed by atoms with Crippen molar-refractivity contribution < 1.29 is 9.18 Å². The highest BCUT2D eigenvalue weighted by Crippen LogP contribution is 2.19. The molecule has 0 aliphatic carbocycles. The SMILES string of the molecule is C[C@H](SCc1nc(N)nc(N(C)C)n1)C(=O)Nc1ccc(F)cc1. The zero-order valence-electron chi connectivity index (χ0n) is 13.7. The number of carbonyl (C=O) groups is 1. The quantitative estimate of drug-likeness (QED) is 0.821. The maximum Gasteiger partial charge on any atom is 0.237 e. The molecule has 7 nitrogen and oxygen atoms in total. The second-order valence-electron chi connectivity index (χ2n) is 5.25. The minimum Gasteiger partial charge on any atom is -0.368 e. The zero-order chi connectivity index (χ0) is 17.7. The van der Waals surface area contributed by atoms with E-state index in [1.54, 1.807) is 11.8 Å². The molecule has 0 unspecified atom stereocenters. The number of aromatic nitrogens is 3. The van der Waals surface area contributed by atoms with E-state index < -0.39 is 0 Å². The van der Waals surface area contributed by atoms with Crippen LogP contribution < -0.4 is 16.0 Å². The van der Waals surface area contributed by atoms with Crippen LogP contribution in [0.5, 0.6) is 0 Å². The molecule has 0 aliphatic rings. The molecule has 2 aromatic rings. The third kappa shape index (κ3) is 5.05. The molecular formula is C15H19FN6OS. The van der Waals surface area contributed by atoms with E-state index >= 15 is 0 Å². The Bertz CT molecular complexity index is 710. The third-order valence-corrected chi connectivity index (χ3v) is 4.17. The number of carbonyl (C=O) groups excluding carboxylic acids is 1. The van der Waals surface area contributed by atoms with Crippen molar-refractivity contribution in [2.75, 3.05) is 30.0 Å². The Kier molecular flexibility index (Phi) is 5.91. The van der Waals surface area contributed by atoms with Crippen molar-refractivity contribution in [3.63, 3.8) is 0 Å². The molecule has 24 heavy (non-hydrogen) atoms. The highest BCUT2D eigenvalue weighted by atomic mass is 32.2. The van der Waals surface area contributed by atoms with Gasteiger partial charge >= 0.3 is 0 Å². The standard InChI is InChI=1S/C15H19FN6OS/c1-9(13(23)18-11-6-4-10(16)5-7-11)24-8-12-19-14(17)21-15(20-12)22(2)3/h4-7,9H,8H2,1-3H3,(H,18,23)(H2,17,19,20,21)/t9-/m0/s1. The number of nitrogens with one attached hydrogen (secondary N) is 1. The summed E-state index contributed by atoms with van der Waals surface area (Å²) >= 11 is 1.38. The van der Waals surface area contributed by atoms with E-state index in [-0.39, 0.29) is 22.9 Å². The lowest BCUT2D eigenvalue weighted by atomic mass is 10.3. The van der Waals surface area contributed by atoms with Gasteiger partial charge in [0.2, 0.25) is 17.8 Å². The first-order valence-electron chi connectivity index (χ1n) is 7.21. The zero-order valence-corrected chi connectivity index (χ0v) is 14.5. The number of amides is 1. The lowest BCUT2D eigenvalue weighted by Gasteiger charge is -2.13. The van der Waals surface area contributed by atoms with Crippen LogP contribution in [-0.4, -0.2) is 40.2 Å². The number of anilines is 3. The van der Waals surface area contributed by atoms with Gasteiger partial charge in [-0.1, -0.05) is 0 Å². The van der Waals surface area contributed by atoms with Gasteiger partial charge in [-0.2, -0.15) is 15.0 Å². The maximum absolute atomic E-state index is 12.9. The van der Waals surface area contributed by atoms with Crippen molar-refractivity contribution in [2.24, 2.45) is 0 Å². The molecule has 1 heterocycles. The smallest absolute Gasteiger partial charge is 0.237 e. The second kappa shape index (κ2) is 7.91. The average molecular weight is 350 g/mol. The van der Waals surface area contributed by atoms with Crippen LogP contribution in [0.3, 0.4) is 0 Å². The molecule has 0 saturated heterocycles. The number of rotatable bonds is 6. The Balaban J connectivity index is 1.93. The van der Waals surface area contributed by atoms with E-state index in [1.165, 1.54) is 36.0 Å². The Morgan fingerprint density at radius 3 is 2.58 bits per heavy atom. The molecule has 0 spiro atoms. The van der Waals surface area contributed by atoms with E-state index in [4.69, 9.17) is 5.73 Å². The van der Waals surface area contributed by atoms with Crippen LogP contribution in [0.25, 0.3) is 0 Å². The average Bonchev–Trinajstić information content (AvgIpc) is 2.54. The van der Waals surface area contributed by atoms with Gasteiger partial charge in [0, 0.05) is 19.8 Å². The molecule has 1 aromatic carbocycles. The molecule has 128 valence electrons. The predicted octanol–water partition coefficient (Wildman–Crippen LogP) is 1.92. The van der Waals surface area contributed by atoms with Crippen LogP contribution in [-0.2, 0) is 10.5 Å². The third-order valence-electron chi connectivity index (χ3n) is 3.03. The normalized spacial score (nSPS) is 11.8. The number of thioether (sulfide) groups is 1. The number of nitrogen functional groups attached to an aromatic ring is 1. The largest absolute Gasteiger partial charge is 0.368 e. The summed E-state index contributed by atoms with van der Waals surface area (Å²) in [6.07, 6.45) is 0. The molecule has 0 bridgehead atoms. The van der Waals surface area contributed by atoms with Crippen LogP contribution in [0.4, 0.5) is 22.0 Å². The number of hydrogen-bond donors (Lipinski definition) is 2. The first-order valence-corrected chi connectivity index (χ1v) is 8.26. The first kappa shape index (κ1) is 17.9. The fourth-order valence-corrected chi connectivity index (χ4v) is 2.48. The summed E-state index contributed by atoms with van der Waals surface area (Å²) in [5.41, 5.74) is 6.22. The minimum absolute atomic E-state index is 0.146. The van der Waals surface area contributed by atoms with E-state index in [0.717, 1.165) is 0 Å². The van der Waals surface area contributed by atoms with Gasteiger partial charge in [0.1, 0.15) is 11.6 Å². The van der Waals surface area contributed by atoms with Crippen LogP contribution >= 0.6 is 11.8 Å². The van der Waals surface area contributed by atoms with Gasteiger partial charge in [0.15, 0.2) is 0 Å². The molecule has 1 aromatic heterocycles. The van der Waals surface area contributed by atoms with Crippen LogP contribution in [0.2, 0.25) is 0 Å². The number of hydrogen-bond acceptors (Lipinski definition) is 7. The molecule has 0 aliphatic heterocycles. The molecule has 0 radical (unpaired) electrons. The van der Waals surface area contributed by atoms with Gasteiger partial charge in [0.25, 0.3) is 0 Å². The lowest BCUT2D eigenvalue weighted by Crippen LogP contribution is -2.23. The summed E-state index contributed by atoms with van der Waals surface area (Å²) in [6.45, 7) is 1.78. The summed E-state index contributed by atoms with van der Waals surface area (Å²) in [4.78, 5) is 26.3.